The van der Waals surface area contributed by atoms with E-state index in [1.165, 1.54) is 5.56 Å². The van der Waals surface area contributed by atoms with Crippen LogP contribution in [-0.2, 0) is 10.2 Å². The van der Waals surface area contributed by atoms with Crippen molar-refractivity contribution in [1.82, 2.24) is 21.1 Å². The molecule has 2 heterocycles. The van der Waals surface area contributed by atoms with Gasteiger partial charge in [-0.15, -0.1) is 0 Å². The molecule has 0 saturated carbocycles. The summed E-state index contributed by atoms with van der Waals surface area (Å²) in [5, 5.41) is 3.26. The van der Waals surface area contributed by atoms with Gasteiger partial charge in [0.05, 0.1) is 5.41 Å². The number of piperidine rings is 1. The number of hydrogen-bond donors (Lipinski definition) is 3. The van der Waals surface area contributed by atoms with Crippen LogP contribution < -0.4 is 16.2 Å². The first-order valence-electron chi connectivity index (χ1n) is 10.3. The van der Waals surface area contributed by atoms with E-state index in [2.05, 4.69) is 64.5 Å². The fourth-order valence-electron chi connectivity index (χ4n) is 4.45. The van der Waals surface area contributed by atoms with E-state index in [0.717, 1.165) is 37.9 Å². The van der Waals surface area contributed by atoms with Crippen LogP contribution >= 0.6 is 0 Å². The zero-order valence-electron chi connectivity index (χ0n) is 16.5. The third-order valence-electron chi connectivity index (χ3n) is 6.29. The van der Waals surface area contributed by atoms with E-state index in [1.54, 1.807) is 0 Å². The number of amides is 1. The van der Waals surface area contributed by atoms with Crippen molar-refractivity contribution in [1.29, 1.82) is 0 Å². The fraction of sp³-hybridized carbons (Fsp3) is 0.435. The van der Waals surface area contributed by atoms with E-state index in [1.807, 2.05) is 24.3 Å². The highest BCUT2D eigenvalue weighted by atomic mass is 16.2. The van der Waals surface area contributed by atoms with Gasteiger partial charge in [0.1, 0.15) is 0 Å². The molecule has 5 heteroatoms. The van der Waals surface area contributed by atoms with Gasteiger partial charge in [0.15, 0.2) is 0 Å². The molecule has 2 saturated heterocycles. The number of rotatable bonds is 5. The molecule has 1 amide bonds. The maximum absolute atomic E-state index is 13.4. The smallest absolute Gasteiger partial charge is 0.230 e. The van der Waals surface area contributed by atoms with Crippen molar-refractivity contribution >= 4 is 5.91 Å². The number of nitrogens with one attached hydrogen (secondary N) is 3. The number of carbonyl (C=O) groups is 1. The summed E-state index contributed by atoms with van der Waals surface area (Å²) >= 11 is 0. The number of likely N-dealkylation sites (tertiary alicyclic amines) is 1. The zero-order chi connectivity index (χ0) is 19.4. The molecule has 28 heavy (non-hydrogen) atoms. The molecular formula is C23H30N4O. The van der Waals surface area contributed by atoms with Gasteiger partial charge in [0.25, 0.3) is 0 Å². The predicted octanol–water partition coefficient (Wildman–Crippen LogP) is 2.37. The highest BCUT2D eigenvalue weighted by Crippen LogP contribution is 2.35. The zero-order valence-corrected chi connectivity index (χ0v) is 16.5. The fourth-order valence-corrected chi connectivity index (χ4v) is 4.45. The summed E-state index contributed by atoms with van der Waals surface area (Å²) in [7, 11) is 2.13. The van der Waals surface area contributed by atoms with Crippen molar-refractivity contribution in [2.75, 3.05) is 26.7 Å². The number of nitrogens with zero attached hydrogens (tertiary/aromatic N) is 1. The van der Waals surface area contributed by atoms with E-state index in [0.29, 0.717) is 6.54 Å². The largest absolute Gasteiger partial charge is 0.354 e. The molecule has 2 aliphatic rings. The molecule has 2 aromatic carbocycles. The molecule has 4 rings (SSSR count). The third-order valence-corrected chi connectivity index (χ3v) is 6.29. The topological polar surface area (TPSA) is 56.4 Å². The van der Waals surface area contributed by atoms with Crippen LogP contribution in [0, 0.1) is 0 Å². The van der Waals surface area contributed by atoms with Crippen LogP contribution in [0.15, 0.2) is 60.7 Å². The van der Waals surface area contributed by atoms with E-state index < -0.39 is 5.41 Å². The van der Waals surface area contributed by atoms with Crippen LogP contribution in [0.5, 0.6) is 0 Å². The molecule has 5 nitrogen and oxygen atoms in total. The van der Waals surface area contributed by atoms with E-state index in [9.17, 15) is 4.79 Å². The number of hydrazine groups is 1. The van der Waals surface area contributed by atoms with E-state index in [-0.39, 0.29) is 18.0 Å². The second-order valence-corrected chi connectivity index (χ2v) is 8.15. The van der Waals surface area contributed by atoms with Crippen molar-refractivity contribution in [3.63, 3.8) is 0 Å². The van der Waals surface area contributed by atoms with Gasteiger partial charge in [-0.2, -0.15) is 0 Å². The molecule has 0 aliphatic carbocycles. The number of benzene rings is 2. The summed E-state index contributed by atoms with van der Waals surface area (Å²) in [6, 6.07) is 21.3. The molecule has 2 aromatic rings. The molecule has 148 valence electrons. The Kier molecular flexibility index (Phi) is 5.76. The minimum Gasteiger partial charge on any atom is -0.354 e. The Morgan fingerprint density at radius 1 is 1.04 bits per heavy atom. The Balaban J connectivity index is 1.40. The molecular weight excluding hydrogens is 348 g/mol. The predicted molar refractivity (Wildman–Crippen MR) is 112 cm³/mol. The monoisotopic (exact) mass is 378 g/mol. The van der Waals surface area contributed by atoms with Gasteiger partial charge < -0.3 is 10.2 Å². The molecule has 0 bridgehead atoms. The molecule has 2 aliphatic heterocycles. The summed E-state index contributed by atoms with van der Waals surface area (Å²) in [5.74, 6) is 0.164. The Bertz CT molecular complexity index is 772. The second kappa shape index (κ2) is 8.43. The molecule has 0 spiro atoms. The van der Waals surface area contributed by atoms with Gasteiger partial charge >= 0.3 is 0 Å². The lowest BCUT2D eigenvalue weighted by molar-refractivity contribution is -0.128. The van der Waals surface area contributed by atoms with Crippen LogP contribution in [0.25, 0.3) is 0 Å². The maximum Gasteiger partial charge on any atom is 0.230 e. The average molecular weight is 379 g/mol. The SMILES string of the molecule is CN1CCC(C(=O)NCC2CC(c3ccccc3)NN2)(c2ccccc2)CC1. The first-order valence-corrected chi connectivity index (χ1v) is 10.3. The summed E-state index contributed by atoms with van der Waals surface area (Å²) in [5.41, 5.74) is 8.71. The normalized spacial score (nSPS) is 24.8. The van der Waals surface area contributed by atoms with E-state index in [4.69, 9.17) is 0 Å². The van der Waals surface area contributed by atoms with Crippen LogP contribution in [0.4, 0.5) is 0 Å². The van der Waals surface area contributed by atoms with Crippen LogP contribution in [-0.4, -0.2) is 43.5 Å². The van der Waals surface area contributed by atoms with Gasteiger partial charge in [-0.3, -0.25) is 10.2 Å². The maximum atomic E-state index is 13.4. The molecule has 2 unspecified atom stereocenters. The van der Waals surface area contributed by atoms with Crippen molar-refractivity contribution in [3.8, 4) is 0 Å². The van der Waals surface area contributed by atoms with Crippen molar-refractivity contribution in [2.24, 2.45) is 0 Å². The Labute approximate surface area is 167 Å². The van der Waals surface area contributed by atoms with Crippen LogP contribution in [0.2, 0.25) is 0 Å². The van der Waals surface area contributed by atoms with Crippen LogP contribution in [0.1, 0.15) is 36.4 Å². The van der Waals surface area contributed by atoms with Crippen molar-refractivity contribution in [3.05, 3.63) is 71.8 Å². The standard InChI is InChI=1S/C23H30N4O/c1-27-14-12-23(13-15-27,19-10-6-3-7-11-19)22(28)24-17-20-16-21(26-25-20)18-8-4-2-5-9-18/h2-11,20-21,25-26H,12-17H2,1H3,(H,24,28). The highest BCUT2D eigenvalue weighted by Gasteiger charge is 2.42. The summed E-state index contributed by atoms with van der Waals surface area (Å²) < 4.78 is 0. The van der Waals surface area contributed by atoms with Gasteiger partial charge in [-0.05, 0) is 50.5 Å². The van der Waals surface area contributed by atoms with Crippen molar-refractivity contribution < 1.29 is 4.79 Å². The Hall–Kier alpha value is -2.21. The molecule has 0 aromatic heterocycles. The minimum atomic E-state index is -0.418. The number of carbonyl (C=O) groups excluding carboxylic acids is 1. The molecule has 0 radical (unpaired) electrons. The Morgan fingerprint density at radius 3 is 2.36 bits per heavy atom. The van der Waals surface area contributed by atoms with Gasteiger partial charge in [-0.1, -0.05) is 60.7 Å². The molecule has 2 atom stereocenters. The van der Waals surface area contributed by atoms with Gasteiger partial charge in [0.2, 0.25) is 5.91 Å². The first kappa shape index (κ1) is 19.1. The average Bonchev–Trinajstić information content (AvgIpc) is 3.23. The van der Waals surface area contributed by atoms with E-state index >= 15 is 0 Å². The lowest BCUT2D eigenvalue weighted by atomic mass is 9.72. The minimum absolute atomic E-state index is 0.164. The summed E-state index contributed by atoms with van der Waals surface area (Å²) in [6.45, 7) is 2.53. The third kappa shape index (κ3) is 3.97. The quantitative estimate of drug-likeness (QED) is 0.748. The Morgan fingerprint density at radius 2 is 1.68 bits per heavy atom. The summed E-state index contributed by atoms with van der Waals surface area (Å²) in [6.07, 6.45) is 2.69. The second-order valence-electron chi connectivity index (χ2n) is 8.15. The molecule has 3 N–H and O–H groups in total. The lowest BCUT2D eigenvalue weighted by Gasteiger charge is -2.40. The summed E-state index contributed by atoms with van der Waals surface area (Å²) in [4.78, 5) is 15.7. The number of hydrogen-bond acceptors (Lipinski definition) is 4. The van der Waals surface area contributed by atoms with Crippen molar-refractivity contribution in [2.45, 2.75) is 36.8 Å². The van der Waals surface area contributed by atoms with Gasteiger partial charge in [0, 0.05) is 18.6 Å². The lowest BCUT2D eigenvalue weighted by Crippen LogP contribution is -2.53. The van der Waals surface area contributed by atoms with Crippen LogP contribution in [0.3, 0.4) is 0 Å². The molecule has 2 fully saturated rings. The van der Waals surface area contributed by atoms with Gasteiger partial charge in [-0.25, -0.2) is 5.43 Å². The first-order chi connectivity index (χ1) is 13.7. The highest BCUT2D eigenvalue weighted by molar-refractivity contribution is 5.88.